The molecule has 1 unspecified atom stereocenters. The summed E-state index contributed by atoms with van der Waals surface area (Å²) >= 11 is 0. The molecule has 3 rings (SSSR count). The number of esters is 1. The fourth-order valence-corrected chi connectivity index (χ4v) is 5.50. The van der Waals surface area contributed by atoms with E-state index in [1.165, 1.54) is 22.1 Å². The maximum Gasteiger partial charge on any atom is 0.329 e. The Labute approximate surface area is 163 Å². The van der Waals surface area contributed by atoms with Gasteiger partial charge in [-0.2, -0.15) is 0 Å². The van der Waals surface area contributed by atoms with Crippen LogP contribution in [0, 0.1) is 0 Å². The Morgan fingerprint density at radius 1 is 1.32 bits per heavy atom. The first-order valence-electron chi connectivity index (χ1n) is 9.33. The lowest BCUT2D eigenvalue weighted by atomic mass is 10.2. The van der Waals surface area contributed by atoms with Gasteiger partial charge in [0, 0.05) is 19.1 Å². The van der Waals surface area contributed by atoms with Gasteiger partial charge in [0.1, 0.15) is 6.04 Å². The minimum absolute atomic E-state index is 0.0609. The highest BCUT2D eigenvalue weighted by Crippen LogP contribution is 2.22. The number of nitrogens with zero attached hydrogens (tertiary/aromatic N) is 2. The third-order valence-electron chi connectivity index (χ3n) is 5.17. The predicted octanol–water partition coefficient (Wildman–Crippen LogP) is 0.463. The Hall–Kier alpha value is -2.36. The highest BCUT2D eigenvalue weighted by molar-refractivity contribution is 7.91. The molecule has 2 aliphatic heterocycles. The van der Waals surface area contributed by atoms with Crippen molar-refractivity contribution in [3.05, 3.63) is 24.2 Å². The second-order valence-corrected chi connectivity index (χ2v) is 9.21. The fraction of sp³-hybridized carbons (Fsp3) is 0.611. The van der Waals surface area contributed by atoms with Gasteiger partial charge >= 0.3 is 5.97 Å². The molecule has 0 saturated carbocycles. The van der Waals surface area contributed by atoms with Gasteiger partial charge in [0.05, 0.1) is 17.8 Å². The molecule has 2 amide bonds. The standard InChI is InChI=1S/C18H24N2O7S/c1-2-19(13-7-10-28(24,25)12-13)16(21)11-27-18(23)14-5-3-8-20(14)17(22)15-6-4-9-26-15/h4,6,9,13-14H,2-3,5,7-8,10-12H2,1H3/t13?,14-/m0/s1. The van der Waals surface area contributed by atoms with Crippen molar-refractivity contribution in [2.45, 2.75) is 38.3 Å². The second kappa shape index (κ2) is 8.34. The number of ether oxygens (including phenoxy) is 1. The summed E-state index contributed by atoms with van der Waals surface area (Å²) in [6.45, 7) is 2.03. The van der Waals surface area contributed by atoms with E-state index in [-0.39, 0.29) is 29.2 Å². The van der Waals surface area contributed by atoms with Crippen LogP contribution in [0.3, 0.4) is 0 Å². The van der Waals surface area contributed by atoms with Crippen molar-refractivity contribution in [2.75, 3.05) is 31.2 Å². The van der Waals surface area contributed by atoms with Crippen molar-refractivity contribution in [1.82, 2.24) is 9.80 Å². The first-order valence-corrected chi connectivity index (χ1v) is 11.2. The van der Waals surface area contributed by atoms with Gasteiger partial charge in [-0.05, 0) is 38.3 Å². The molecular formula is C18H24N2O7S. The normalized spacial score (nSPS) is 23.5. The first kappa shape index (κ1) is 20.4. The van der Waals surface area contributed by atoms with Gasteiger partial charge in [0.15, 0.2) is 22.2 Å². The number of rotatable bonds is 6. The van der Waals surface area contributed by atoms with Crippen LogP contribution in [0.25, 0.3) is 0 Å². The summed E-state index contributed by atoms with van der Waals surface area (Å²) in [5.74, 6) is -1.31. The molecule has 9 nitrogen and oxygen atoms in total. The first-order chi connectivity index (χ1) is 13.3. The summed E-state index contributed by atoms with van der Waals surface area (Å²) in [4.78, 5) is 40.2. The number of hydrogen-bond acceptors (Lipinski definition) is 7. The van der Waals surface area contributed by atoms with Gasteiger partial charge in [0.2, 0.25) is 0 Å². The van der Waals surface area contributed by atoms with Crippen LogP contribution in [0.1, 0.15) is 36.7 Å². The maximum atomic E-state index is 12.5. The number of likely N-dealkylation sites (tertiary alicyclic amines) is 1. The molecule has 2 aliphatic rings. The molecule has 0 spiro atoms. The highest BCUT2D eigenvalue weighted by Gasteiger charge is 2.38. The van der Waals surface area contributed by atoms with Crippen LogP contribution in [0.4, 0.5) is 0 Å². The lowest BCUT2D eigenvalue weighted by molar-refractivity contribution is -0.155. The number of furan rings is 1. The third-order valence-corrected chi connectivity index (χ3v) is 6.92. The van der Waals surface area contributed by atoms with Crippen molar-refractivity contribution in [1.29, 1.82) is 0 Å². The van der Waals surface area contributed by atoms with Gasteiger partial charge < -0.3 is 19.0 Å². The van der Waals surface area contributed by atoms with E-state index in [2.05, 4.69) is 0 Å². The van der Waals surface area contributed by atoms with E-state index in [9.17, 15) is 22.8 Å². The summed E-state index contributed by atoms with van der Waals surface area (Å²) < 4.78 is 33.6. The minimum Gasteiger partial charge on any atom is -0.459 e. The van der Waals surface area contributed by atoms with Gasteiger partial charge in [-0.1, -0.05) is 0 Å². The van der Waals surface area contributed by atoms with Crippen molar-refractivity contribution >= 4 is 27.6 Å². The summed E-state index contributed by atoms with van der Waals surface area (Å²) in [7, 11) is -3.12. The van der Waals surface area contributed by atoms with Crippen molar-refractivity contribution in [3.8, 4) is 0 Å². The zero-order chi connectivity index (χ0) is 20.3. The molecule has 0 radical (unpaired) electrons. The van der Waals surface area contributed by atoms with Crippen LogP contribution in [-0.2, 0) is 24.2 Å². The Bertz CT molecular complexity index is 834. The molecular weight excluding hydrogens is 388 g/mol. The van der Waals surface area contributed by atoms with E-state index in [0.717, 1.165) is 0 Å². The average Bonchev–Trinajstić information content (AvgIpc) is 3.40. The topological polar surface area (TPSA) is 114 Å². The summed E-state index contributed by atoms with van der Waals surface area (Å²) in [6, 6.07) is 1.98. The van der Waals surface area contributed by atoms with Crippen LogP contribution in [-0.4, -0.2) is 79.3 Å². The van der Waals surface area contributed by atoms with E-state index in [1.807, 2.05) is 0 Å². The largest absolute Gasteiger partial charge is 0.459 e. The maximum absolute atomic E-state index is 12.5. The Morgan fingerprint density at radius 3 is 2.71 bits per heavy atom. The van der Waals surface area contributed by atoms with Crippen LogP contribution in [0.2, 0.25) is 0 Å². The fourth-order valence-electron chi connectivity index (χ4n) is 3.77. The Morgan fingerprint density at radius 2 is 2.11 bits per heavy atom. The van der Waals surface area contributed by atoms with E-state index < -0.39 is 34.4 Å². The highest BCUT2D eigenvalue weighted by atomic mass is 32.2. The van der Waals surface area contributed by atoms with E-state index >= 15 is 0 Å². The summed E-state index contributed by atoms with van der Waals surface area (Å²) in [5, 5.41) is 0. The average molecular weight is 412 g/mol. The van der Waals surface area contributed by atoms with Crippen LogP contribution >= 0.6 is 0 Å². The summed E-state index contributed by atoms with van der Waals surface area (Å²) in [5.41, 5.74) is 0. The number of carbonyl (C=O) groups is 3. The lowest BCUT2D eigenvalue weighted by Gasteiger charge is -2.27. The van der Waals surface area contributed by atoms with E-state index in [1.54, 1.807) is 13.0 Å². The molecule has 1 aromatic heterocycles. The van der Waals surface area contributed by atoms with Crippen LogP contribution in [0.5, 0.6) is 0 Å². The molecule has 0 N–H and O–H groups in total. The molecule has 1 aromatic rings. The molecule has 0 aromatic carbocycles. The second-order valence-electron chi connectivity index (χ2n) is 6.98. The number of hydrogen-bond donors (Lipinski definition) is 0. The molecule has 2 fully saturated rings. The predicted molar refractivity (Wildman–Crippen MR) is 98.2 cm³/mol. The molecule has 2 atom stereocenters. The van der Waals surface area contributed by atoms with Crippen LogP contribution < -0.4 is 0 Å². The molecule has 2 saturated heterocycles. The molecule has 28 heavy (non-hydrogen) atoms. The molecule has 10 heteroatoms. The zero-order valence-corrected chi connectivity index (χ0v) is 16.5. The quantitative estimate of drug-likeness (QED) is 0.624. The smallest absolute Gasteiger partial charge is 0.329 e. The van der Waals surface area contributed by atoms with Gasteiger partial charge in [0.25, 0.3) is 11.8 Å². The van der Waals surface area contributed by atoms with Gasteiger partial charge in [-0.25, -0.2) is 13.2 Å². The number of amides is 2. The van der Waals surface area contributed by atoms with E-state index in [4.69, 9.17) is 9.15 Å². The van der Waals surface area contributed by atoms with Crippen molar-refractivity contribution in [3.63, 3.8) is 0 Å². The van der Waals surface area contributed by atoms with Crippen LogP contribution in [0.15, 0.2) is 22.8 Å². The molecule has 0 aliphatic carbocycles. The van der Waals surface area contributed by atoms with Crippen molar-refractivity contribution < 1.29 is 32.0 Å². The van der Waals surface area contributed by atoms with Crippen molar-refractivity contribution in [2.24, 2.45) is 0 Å². The van der Waals surface area contributed by atoms with Gasteiger partial charge in [-0.3, -0.25) is 9.59 Å². The molecule has 154 valence electrons. The van der Waals surface area contributed by atoms with E-state index in [0.29, 0.717) is 32.4 Å². The minimum atomic E-state index is -3.12. The number of carbonyl (C=O) groups excluding carboxylic acids is 3. The third kappa shape index (κ3) is 4.37. The molecule has 0 bridgehead atoms. The summed E-state index contributed by atoms with van der Waals surface area (Å²) in [6.07, 6.45) is 2.89. The monoisotopic (exact) mass is 412 g/mol. The number of sulfone groups is 1. The molecule has 3 heterocycles. The Kier molecular flexibility index (Phi) is 6.07. The Balaban J connectivity index is 1.56. The van der Waals surface area contributed by atoms with Gasteiger partial charge in [-0.15, -0.1) is 0 Å². The zero-order valence-electron chi connectivity index (χ0n) is 15.7. The SMILES string of the molecule is CCN(C(=O)COC(=O)[C@@H]1CCCN1C(=O)c1ccco1)C1CCS(=O)(=O)C1. The number of likely N-dealkylation sites (N-methyl/N-ethyl adjacent to an activating group) is 1. The lowest BCUT2D eigenvalue weighted by Crippen LogP contribution is -2.45.